The highest BCUT2D eigenvalue weighted by atomic mass is 16.5. The zero-order valence-electron chi connectivity index (χ0n) is 20.4. The number of fused-ring (bicyclic) bond motifs is 1. The standard InChI is InChI=1S/C28H28N4O4/c1-4-36-28(35)19-10-15-22-23(16-19)31-27(34)25(22)26(18-8-6-5-7-9-18)30-20-11-13-21(14-12-20)32(3)24(33)17-29-2/h5-16,25,29H,4,17H2,1-3H3,(H,31,34). The van der Waals surface area contributed by atoms with Gasteiger partial charge in [-0.1, -0.05) is 36.4 Å². The maximum Gasteiger partial charge on any atom is 0.338 e. The van der Waals surface area contributed by atoms with Gasteiger partial charge in [0.05, 0.1) is 30.1 Å². The highest BCUT2D eigenvalue weighted by Gasteiger charge is 2.36. The van der Waals surface area contributed by atoms with E-state index in [4.69, 9.17) is 9.73 Å². The Morgan fingerprint density at radius 2 is 1.75 bits per heavy atom. The third-order valence-electron chi connectivity index (χ3n) is 5.93. The van der Waals surface area contributed by atoms with E-state index in [1.54, 1.807) is 44.1 Å². The van der Waals surface area contributed by atoms with Crippen LogP contribution in [0.5, 0.6) is 0 Å². The summed E-state index contributed by atoms with van der Waals surface area (Å²) in [6, 6.07) is 21.9. The van der Waals surface area contributed by atoms with Gasteiger partial charge in [0.25, 0.3) is 0 Å². The number of benzene rings is 3. The number of likely N-dealkylation sites (N-methyl/N-ethyl adjacent to an activating group) is 2. The Kier molecular flexibility index (Phi) is 7.56. The number of hydrogen-bond acceptors (Lipinski definition) is 6. The number of anilines is 2. The molecule has 3 aromatic carbocycles. The fourth-order valence-corrected chi connectivity index (χ4v) is 4.08. The first-order valence-corrected chi connectivity index (χ1v) is 11.7. The Morgan fingerprint density at radius 3 is 2.42 bits per heavy atom. The molecule has 0 aromatic heterocycles. The Labute approximate surface area is 210 Å². The maximum absolute atomic E-state index is 13.2. The summed E-state index contributed by atoms with van der Waals surface area (Å²) < 4.78 is 5.09. The van der Waals surface area contributed by atoms with Crippen LogP contribution < -0.4 is 15.5 Å². The van der Waals surface area contributed by atoms with Crippen LogP contribution in [-0.2, 0) is 14.3 Å². The van der Waals surface area contributed by atoms with E-state index in [9.17, 15) is 14.4 Å². The van der Waals surface area contributed by atoms with Crippen molar-refractivity contribution in [1.82, 2.24) is 5.32 Å². The second-order valence-corrected chi connectivity index (χ2v) is 8.31. The first-order chi connectivity index (χ1) is 17.4. The van der Waals surface area contributed by atoms with Crippen LogP contribution in [0.4, 0.5) is 17.1 Å². The monoisotopic (exact) mass is 484 g/mol. The summed E-state index contributed by atoms with van der Waals surface area (Å²) in [7, 11) is 3.45. The van der Waals surface area contributed by atoms with Crippen LogP contribution in [0.15, 0.2) is 77.8 Å². The van der Waals surface area contributed by atoms with Crippen LogP contribution >= 0.6 is 0 Å². The molecular formula is C28H28N4O4. The molecule has 0 fully saturated rings. The van der Waals surface area contributed by atoms with Crippen molar-refractivity contribution in [2.45, 2.75) is 12.8 Å². The molecule has 4 rings (SSSR count). The zero-order chi connectivity index (χ0) is 25.7. The second-order valence-electron chi connectivity index (χ2n) is 8.31. The van der Waals surface area contributed by atoms with Crippen molar-refractivity contribution >= 4 is 40.6 Å². The normalized spacial score (nSPS) is 14.7. The average Bonchev–Trinajstić information content (AvgIpc) is 3.22. The number of nitrogens with zero attached hydrogens (tertiary/aromatic N) is 2. The zero-order valence-corrected chi connectivity index (χ0v) is 20.4. The largest absolute Gasteiger partial charge is 0.462 e. The molecule has 1 heterocycles. The van der Waals surface area contributed by atoms with E-state index in [2.05, 4.69) is 10.6 Å². The van der Waals surface area contributed by atoms with Gasteiger partial charge in [-0.25, -0.2) is 4.79 Å². The molecule has 1 aliphatic rings. The predicted octanol–water partition coefficient (Wildman–Crippen LogP) is 3.90. The molecule has 8 heteroatoms. The van der Waals surface area contributed by atoms with Gasteiger partial charge in [-0.2, -0.15) is 0 Å². The van der Waals surface area contributed by atoms with Crippen LogP contribution in [-0.4, -0.2) is 50.7 Å². The third kappa shape index (κ3) is 5.18. The topological polar surface area (TPSA) is 100 Å². The highest BCUT2D eigenvalue weighted by Crippen LogP contribution is 2.37. The van der Waals surface area contributed by atoms with Gasteiger partial charge < -0.3 is 20.3 Å². The lowest BCUT2D eigenvalue weighted by molar-refractivity contribution is -0.117. The number of rotatable bonds is 8. The smallest absolute Gasteiger partial charge is 0.338 e. The van der Waals surface area contributed by atoms with Gasteiger partial charge in [0.2, 0.25) is 11.8 Å². The van der Waals surface area contributed by atoms with Crippen molar-refractivity contribution in [3.05, 3.63) is 89.5 Å². The van der Waals surface area contributed by atoms with Gasteiger partial charge in [0.1, 0.15) is 5.92 Å². The van der Waals surface area contributed by atoms with E-state index in [-0.39, 0.29) is 25.0 Å². The van der Waals surface area contributed by atoms with Crippen molar-refractivity contribution in [2.24, 2.45) is 4.99 Å². The van der Waals surface area contributed by atoms with E-state index >= 15 is 0 Å². The quantitative estimate of drug-likeness (QED) is 0.373. The number of ether oxygens (including phenoxy) is 1. The molecule has 8 nitrogen and oxygen atoms in total. The molecule has 1 unspecified atom stereocenters. The van der Waals surface area contributed by atoms with Crippen LogP contribution in [0.2, 0.25) is 0 Å². The minimum absolute atomic E-state index is 0.0554. The maximum atomic E-state index is 13.2. The van der Waals surface area contributed by atoms with E-state index < -0.39 is 11.9 Å². The Hall–Kier alpha value is -4.30. The summed E-state index contributed by atoms with van der Waals surface area (Å²) >= 11 is 0. The van der Waals surface area contributed by atoms with Crippen LogP contribution in [0.3, 0.4) is 0 Å². The van der Waals surface area contributed by atoms with E-state index in [1.807, 2.05) is 54.6 Å². The number of amides is 2. The molecule has 0 aliphatic carbocycles. The van der Waals surface area contributed by atoms with E-state index in [1.165, 1.54) is 0 Å². The van der Waals surface area contributed by atoms with Gasteiger partial charge in [0, 0.05) is 18.4 Å². The molecular weight excluding hydrogens is 456 g/mol. The lowest BCUT2D eigenvalue weighted by Crippen LogP contribution is -2.33. The molecule has 2 amide bonds. The molecule has 184 valence electrons. The van der Waals surface area contributed by atoms with Crippen molar-refractivity contribution in [3.63, 3.8) is 0 Å². The summed E-state index contributed by atoms with van der Waals surface area (Å²) in [5.41, 5.74) is 4.47. The van der Waals surface area contributed by atoms with Gasteiger partial charge >= 0.3 is 5.97 Å². The minimum atomic E-state index is -0.654. The molecule has 2 N–H and O–H groups in total. The molecule has 0 radical (unpaired) electrons. The predicted molar refractivity (Wildman–Crippen MR) is 140 cm³/mol. The van der Waals surface area contributed by atoms with Gasteiger partial charge in [0.15, 0.2) is 0 Å². The number of carbonyl (C=O) groups excluding carboxylic acids is 3. The van der Waals surface area contributed by atoms with Crippen LogP contribution in [0, 0.1) is 0 Å². The molecule has 36 heavy (non-hydrogen) atoms. The van der Waals surface area contributed by atoms with Gasteiger partial charge in [-0.3, -0.25) is 14.6 Å². The first kappa shape index (κ1) is 24.8. The fourth-order valence-electron chi connectivity index (χ4n) is 4.08. The van der Waals surface area contributed by atoms with Crippen molar-refractivity contribution in [2.75, 3.05) is 37.5 Å². The Morgan fingerprint density at radius 1 is 1.03 bits per heavy atom. The number of nitrogens with one attached hydrogen (secondary N) is 2. The van der Waals surface area contributed by atoms with Crippen LogP contribution in [0.1, 0.15) is 34.3 Å². The third-order valence-corrected chi connectivity index (χ3v) is 5.93. The summed E-state index contributed by atoms with van der Waals surface area (Å²) in [5.74, 6) is -1.37. The summed E-state index contributed by atoms with van der Waals surface area (Å²) in [6.45, 7) is 2.26. The molecule has 0 saturated carbocycles. The summed E-state index contributed by atoms with van der Waals surface area (Å²) in [4.78, 5) is 44.0. The molecule has 1 atom stereocenters. The van der Waals surface area contributed by atoms with Crippen molar-refractivity contribution in [1.29, 1.82) is 0 Å². The molecule has 0 spiro atoms. The molecule has 3 aromatic rings. The second kappa shape index (κ2) is 11.0. The van der Waals surface area contributed by atoms with Crippen molar-refractivity contribution < 1.29 is 19.1 Å². The first-order valence-electron chi connectivity index (χ1n) is 11.7. The lowest BCUT2D eigenvalue weighted by atomic mass is 9.90. The number of carbonyl (C=O) groups is 3. The Bertz CT molecular complexity index is 1300. The SMILES string of the molecule is CCOC(=O)c1ccc2c(c1)NC(=O)C2C(=Nc1ccc(N(C)C(=O)CNC)cc1)c1ccccc1. The Balaban J connectivity index is 1.71. The van der Waals surface area contributed by atoms with E-state index in [0.29, 0.717) is 22.6 Å². The minimum Gasteiger partial charge on any atom is -0.462 e. The van der Waals surface area contributed by atoms with Gasteiger partial charge in [-0.15, -0.1) is 0 Å². The summed E-state index contributed by atoms with van der Waals surface area (Å²) in [5, 5.41) is 5.75. The number of hydrogen-bond donors (Lipinski definition) is 2. The average molecular weight is 485 g/mol. The van der Waals surface area contributed by atoms with Crippen LogP contribution in [0.25, 0.3) is 0 Å². The van der Waals surface area contributed by atoms with Crippen molar-refractivity contribution in [3.8, 4) is 0 Å². The van der Waals surface area contributed by atoms with E-state index in [0.717, 1.165) is 16.8 Å². The lowest BCUT2D eigenvalue weighted by Gasteiger charge is -2.17. The van der Waals surface area contributed by atoms with Gasteiger partial charge in [-0.05, 0) is 61.5 Å². The molecule has 0 bridgehead atoms. The highest BCUT2D eigenvalue weighted by molar-refractivity contribution is 6.24. The fraction of sp³-hybridized carbons (Fsp3) is 0.214. The number of aliphatic imine (C=N–C) groups is 1. The molecule has 1 aliphatic heterocycles. The molecule has 0 saturated heterocycles. The summed E-state index contributed by atoms with van der Waals surface area (Å²) in [6.07, 6.45) is 0. The number of esters is 1.